The van der Waals surface area contributed by atoms with Crippen LogP contribution in [0.5, 0.6) is 5.75 Å². The van der Waals surface area contributed by atoms with Crippen molar-refractivity contribution < 1.29 is 9.50 Å². The fraction of sp³-hybridized carbons (Fsp3) is 0.111. The van der Waals surface area contributed by atoms with Crippen molar-refractivity contribution in [1.29, 1.82) is 0 Å². The Hall–Kier alpha value is -0.480. The fourth-order valence-electron chi connectivity index (χ4n) is 0.893. The first-order valence-corrected chi connectivity index (χ1v) is 5.03. The molecule has 1 N–H and O–H groups in total. The predicted octanol–water partition coefficient (Wildman–Crippen LogP) is 3.24. The lowest BCUT2D eigenvalue weighted by Gasteiger charge is -2.01. The lowest BCUT2D eigenvalue weighted by molar-refractivity contribution is 0.431. The summed E-state index contributed by atoms with van der Waals surface area (Å²) in [7, 11) is 0. The van der Waals surface area contributed by atoms with E-state index >= 15 is 0 Å². The molecule has 0 unspecified atom stereocenters. The molecule has 0 saturated carbocycles. The van der Waals surface area contributed by atoms with E-state index < -0.39 is 5.82 Å². The minimum atomic E-state index is -0.631. The number of phenols is 1. The zero-order chi connectivity index (χ0) is 9.84. The molecule has 0 aliphatic heterocycles. The Labute approximate surface area is 89.8 Å². The van der Waals surface area contributed by atoms with Gasteiger partial charge in [0.25, 0.3) is 0 Å². The molecule has 0 atom stereocenters. The van der Waals surface area contributed by atoms with Crippen molar-refractivity contribution in [3.05, 3.63) is 34.1 Å². The molecule has 0 spiro atoms. The monoisotopic (exact) mass is 262 g/mol. The second kappa shape index (κ2) is 4.67. The molecule has 0 bridgehead atoms. The second-order valence-corrected chi connectivity index (χ2v) is 3.69. The summed E-state index contributed by atoms with van der Waals surface area (Å²) in [6.45, 7) is 0. The highest BCUT2D eigenvalue weighted by atomic mass is 79.9. The molecule has 0 aliphatic carbocycles. The number of phenolic OH excluding ortho intramolecular Hbond substituents is 1. The van der Waals surface area contributed by atoms with Crippen LogP contribution in [0.25, 0.3) is 6.08 Å². The summed E-state index contributed by atoms with van der Waals surface area (Å²) < 4.78 is 13.5. The first-order valence-electron chi connectivity index (χ1n) is 3.60. The highest BCUT2D eigenvalue weighted by molar-refractivity contribution is 9.10. The number of aromatic hydroxyl groups is 1. The number of benzene rings is 1. The zero-order valence-electron chi connectivity index (χ0n) is 6.67. The highest BCUT2D eigenvalue weighted by Crippen LogP contribution is 2.26. The van der Waals surface area contributed by atoms with Gasteiger partial charge in [0.1, 0.15) is 0 Å². The molecular weight excluding hydrogens is 255 g/mol. The number of halogens is 2. The van der Waals surface area contributed by atoms with Gasteiger partial charge >= 0.3 is 0 Å². The Morgan fingerprint density at radius 3 is 2.85 bits per heavy atom. The van der Waals surface area contributed by atoms with Gasteiger partial charge < -0.3 is 5.11 Å². The van der Waals surface area contributed by atoms with Crippen LogP contribution in [0.2, 0.25) is 0 Å². The summed E-state index contributed by atoms with van der Waals surface area (Å²) >= 11 is 7.10. The van der Waals surface area contributed by atoms with Gasteiger partial charge in [0.05, 0.1) is 0 Å². The van der Waals surface area contributed by atoms with E-state index in [-0.39, 0.29) is 5.75 Å². The highest BCUT2D eigenvalue weighted by Gasteiger charge is 2.05. The van der Waals surface area contributed by atoms with E-state index in [1.54, 1.807) is 18.2 Å². The predicted molar refractivity (Wildman–Crippen MR) is 58.7 cm³/mol. The number of rotatable bonds is 2. The van der Waals surface area contributed by atoms with E-state index in [0.29, 0.717) is 15.8 Å². The molecule has 13 heavy (non-hydrogen) atoms. The third-order valence-corrected chi connectivity index (χ3v) is 2.13. The van der Waals surface area contributed by atoms with Gasteiger partial charge in [-0.15, -0.1) is 0 Å². The van der Waals surface area contributed by atoms with Gasteiger partial charge in [-0.2, -0.15) is 12.6 Å². The molecule has 0 aromatic heterocycles. The Bertz CT molecular complexity index is 339. The van der Waals surface area contributed by atoms with E-state index in [1.807, 2.05) is 0 Å². The Balaban J connectivity index is 3.12. The quantitative estimate of drug-likeness (QED) is 0.785. The van der Waals surface area contributed by atoms with Gasteiger partial charge in [-0.1, -0.05) is 28.1 Å². The summed E-state index contributed by atoms with van der Waals surface area (Å²) in [5.74, 6) is -0.414. The maximum Gasteiger partial charge on any atom is 0.166 e. The normalized spacial score (nSPS) is 11.0. The van der Waals surface area contributed by atoms with Crippen LogP contribution in [0.3, 0.4) is 0 Å². The van der Waals surface area contributed by atoms with Crippen molar-refractivity contribution >= 4 is 34.6 Å². The van der Waals surface area contributed by atoms with Crippen LogP contribution in [-0.4, -0.2) is 10.9 Å². The van der Waals surface area contributed by atoms with Crippen LogP contribution in [0.4, 0.5) is 4.39 Å². The number of hydrogen-bond acceptors (Lipinski definition) is 2. The van der Waals surface area contributed by atoms with Crippen LogP contribution < -0.4 is 0 Å². The van der Waals surface area contributed by atoms with Crippen LogP contribution in [0.15, 0.2) is 22.7 Å². The van der Waals surface area contributed by atoms with Crippen molar-refractivity contribution in [2.75, 3.05) is 5.75 Å². The lowest BCUT2D eigenvalue weighted by Crippen LogP contribution is -1.82. The molecule has 1 rings (SSSR count). The largest absolute Gasteiger partial charge is 0.504 e. The SMILES string of the molecule is Oc1c(F)cc(Br)cc1C=CCS. The van der Waals surface area contributed by atoms with Crippen LogP contribution in [0, 0.1) is 5.82 Å². The molecule has 70 valence electrons. The summed E-state index contributed by atoms with van der Waals surface area (Å²) in [5, 5.41) is 9.28. The smallest absolute Gasteiger partial charge is 0.166 e. The first-order chi connectivity index (χ1) is 6.15. The minimum Gasteiger partial charge on any atom is -0.504 e. The minimum absolute atomic E-state index is 0.332. The first kappa shape index (κ1) is 10.6. The Morgan fingerprint density at radius 1 is 1.54 bits per heavy atom. The van der Waals surface area contributed by atoms with Gasteiger partial charge in [0.2, 0.25) is 0 Å². The third kappa shape index (κ3) is 2.74. The van der Waals surface area contributed by atoms with E-state index in [1.165, 1.54) is 6.07 Å². The van der Waals surface area contributed by atoms with Gasteiger partial charge in [0.15, 0.2) is 11.6 Å². The Kier molecular flexibility index (Phi) is 3.81. The molecule has 0 fully saturated rings. The van der Waals surface area contributed by atoms with Crippen LogP contribution >= 0.6 is 28.6 Å². The molecule has 4 heteroatoms. The summed E-state index contributed by atoms with van der Waals surface area (Å²) in [5.41, 5.74) is 0.445. The van der Waals surface area contributed by atoms with Crippen LogP contribution in [-0.2, 0) is 0 Å². The van der Waals surface area contributed by atoms with Gasteiger partial charge in [-0.05, 0) is 12.1 Å². The maximum absolute atomic E-state index is 12.9. The van der Waals surface area contributed by atoms with E-state index in [0.717, 1.165) is 0 Å². The maximum atomic E-state index is 12.9. The average molecular weight is 263 g/mol. The summed E-state index contributed by atoms with van der Waals surface area (Å²) in [6.07, 6.45) is 3.35. The van der Waals surface area contributed by atoms with Gasteiger partial charge in [0, 0.05) is 15.8 Å². The summed E-state index contributed by atoms with van der Waals surface area (Å²) in [4.78, 5) is 0. The molecule has 0 heterocycles. The van der Waals surface area contributed by atoms with E-state index in [4.69, 9.17) is 0 Å². The topological polar surface area (TPSA) is 20.2 Å². The average Bonchev–Trinajstić information content (AvgIpc) is 2.09. The molecule has 0 radical (unpaired) electrons. The molecule has 0 saturated heterocycles. The molecule has 1 aromatic rings. The molecular formula is C9H8BrFOS. The van der Waals surface area contributed by atoms with Crippen molar-refractivity contribution in [1.82, 2.24) is 0 Å². The van der Waals surface area contributed by atoms with Gasteiger partial charge in [-0.3, -0.25) is 0 Å². The number of hydrogen-bond donors (Lipinski definition) is 2. The molecule has 1 aromatic carbocycles. The lowest BCUT2D eigenvalue weighted by atomic mass is 10.2. The number of thiol groups is 1. The molecule has 0 aliphatic rings. The Morgan fingerprint density at radius 2 is 2.23 bits per heavy atom. The van der Waals surface area contributed by atoms with Crippen molar-refractivity contribution in [2.24, 2.45) is 0 Å². The van der Waals surface area contributed by atoms with E-state index in [2.05, 4.69) is 28.6 Å². The fourth-order valence-corrected chi connectivity index (χ4v) is 1.45. The third-order valence-electron chi connectivity index (χ3n) is 1.46. The zero-order valence-corrected chi connectivity index (χ0v) is 9.15. The van der Waals surface area contributed by atoms with Crippen LogP contribution in [0.1, 0.15) is 5.56 Å². The second-order valence-electron chi connectivity index (χ2n) is 2.41. The van der Waals surface area contributed by atoms with Crippen molar-refractivity contribution in [3.8, 4) is 5.75 Å². The van der Waals surface area contributed by atoms with Crippen molar-refractivity contribution in [2.45, 2.75) is 0 Å². The molecule has 0 amide bonds. The standard InChI is InChI=1S/C9H8BrFOS/c10-7-4-6(2-1-3-13)9(12)8(11)5-7/h1-2,4-5,12-13H,3H2. The van der Waals surface area contributed by atoms with Crippen molar-refractivity contribution in [3.63, 3.8) is 0 Å². The van der Waals surface area contributed by atoms with Gasteiger partial charge in [-0.25, -0.2) is 4.39 Å². The molecule has 1 nitrogen and oxygen atoms in total. The summed E-state index contributed by atoms with van der Waals surface area (Å²) in [6, 6.07) is 2.85. The van der Waals surface area contributed by atoms with E-state index in [9.17, 15) is 9.50 Å².